The van der Waals surface area contributed by atoms with Crippen LogP contribution in [0.4, 0.5) is 0 Å². The molecular weight excluding hydrogens is 244 g/mol. The Kier molecular flexibility index (Phi) is 5.85. The number of nitrogens with zero attached hydrogens (tertiary/aromatic N) is 1. The first-order valence-corrected chi connectivity index (χ1v) is 8.34. The second-order valence-electron chi connectivity index (χ2n) is 7.34. The minimum Gasteiger partial charge on any atom is -0.345 e. The van der Waals surface area contributed by atoms with Gasteiger partial charge in [0.05, 0.1) is 5.69 Å². The number of aromatic nitrogens is 2. The molecule has 0 aliphatic heterocycles. The van der Waals surface area contributed by atoms with E-state index in [-0.39, 0.29) is 5.41 Å². The molecule has 2 unspecified atom stereocenters. The smallest absolute Gasteiger partial charge is 0.109 e. The Balaban J connectivity index is 3.25. The van der Waals surface area contributed by atoms with Gasteiger partial charge in [0.2, 0.25) is 0 Å². The van der Waals surface area contributed by atoms with Crippen molar-refractivity contribution >= 4 is 0 Å². The fraction of sp³-hybridized carbons (Fsp3) is 0.833. The van der Waals surface area contributed by atoms with Crippen molar-refractivity contribution in [2.75, 3.05) is 0 Å². The summed E-state index contributed by atoms with van der Waals surface area (Å²) in [6.45, 7) is 18.3. The number of H-pyrrole nitrogens is 1. The van der Waals surface area contributed by atoms with E-state index in [9.17, 15) is 0 Å². The first-order valence-electron chi connectivity index (χ1n) is 8.34. The average molecular weight is 278 g/mol. The number of hydrogen-bond acceptors (Lipinski definition) is 1. The van der Waals surface area contributed by atoms with Gasteiger partial charge in [0.25, 0.3) is 0 Å². The SMILES string of the molecule is CCCC(C)c1nc(C(C)(C)CC)c(C(C)C(C)C)[nH]1. The van der Waals surface area contributed by atoms with Crippen molar-refractivity contribution in [1.82, 2.24) is 9.97 Å². The standard InChI is InChI=1S/C18H34N2/c1-9-11-13(5)17-19-15(14(6)12(3)4)16(20-17)18(7,8)10-2/h12-14H,9-11H2,1-8H3,(H,19,20). The number of nitrogens with one attached hydrogen (secondary N) is 1. The van der Waals surface area contributed by atoms with Crippen molar-refractivity contribution in [2.24, 2.45) is 5.92 Å². The maximum atomic E-state index is 5.02. The lowest BCUT2D eigenvalue weighted by atomic mass is 9.81. The largest absolute Gasteiger partial charge is 0.345 e. The van der Waals surface area contributed by atoms with Crippen LogP contribution >= 0.6 is 0 Å². The second kappa shape index (κ2) is 6.78. The number of imidazole rings is 1. The van der Waals surface area contributed by atoms with Crippen LogP contribution in [0, 0.1) is 5.92 Å². The van der Waals surface area contributed by atoms with Crippen LogP contribution in [0.3, 0.4) is 0 Å². The minimum atomic E-state index is 0.152. The van der Waals surface area contributed by atoms with Crippen LogP contribution in [0.15, 0.2) is 0 Å². The summed E-state index contributed by atoms with van der Waals surface area (Å²) in [5.74, 6) is 2.88. The number of hydrogen-bond donors (Lipinski definition) is 1. The molecule has 0 amide bonds. The van der Waals surface area contributed by atoms with Gasteiger partial charge in [-0.1, -0.05) is 61.8 Å². The highest BCUT2D eigenvalue weighted by Crippen LogP contribution is 2.35. The van der Waals surface area contributed by atoms with E-state index in [2.05, 4.69) is 60.4 Å². The molecule has 1 N–H and O–H groups in total. The average Bonchev–Trinajstić information content (AvgIpc) is 2.83. The lowest BCUT2D eigenvalue weighted by Gasteiger charge is -2.25. The van der Waals surface area contributed by atoms with Crippen LogP contribution < -0.4 is 0 Å². The van der Waals surface area contributed by atoms with Crippen LogP contribution in [0.25, 0.3) is 0 Å². The topological polar surface area (TPSA) is 28.7 Å². The lowest BCUT2D eigenvalue weighted by molar-refractivity contribution is 0.462. The van der Waals surface area contributed by atoms with E-state index >= 15 is 0 Å². The van der Waals surface area contributed by atoms with Crippen molar-refractivity contribution in [1.29, 1.82) is 0 Å². The fourth-order valence-corrected chi connectivity index (χ4v) is 2.56. The fourth-order valence-electron chi connectivity index (χ4n) is 2.56. The summed E-state index contributed by atoms with van der Waals surface area (Å²) in [5, 5.41) is 0. The zero-order chi connectivity index (χ0) is 15.5. The summed E-state index contributed by atoms with van der Waals surface area (Å²) in [6.07, 6.45) is 3.54. The number of rotatable bonds is 7. The van der Waals surface area contributed by atoms with Gasteiger partial charge in [-0.05, 0) is 18.8 Å². The third-order valence-corrected chi connectivity index (χ3v) is 4.92. The van der Waals surface area contributed by atoms with Crippen LogP contribution in [0.2, 0.25) is 0 Å². The van der Waals surface area contributed by atoms with Crippen molar-refractivity contribution in [3.8, 4) is 0 Å². The Morgan fingerprint density at radius 3 is 2.15 bits per heavy atom. The summed E-state index contributed by atoms with van der Waals surface area (Å²) >= 11 is 0. The molecule has 1 aromatic rings. The van der Waals surface area contributed by atoms with E-state index < -0.39 is 0 Å². The Morgan fingerprint density at radius 1 is 1.10 bits per heavy atom. The molecule has 0 bridgehead atoms. The summed E-state index contributed by atoms with van der Waals surface area (Å²) in [7, 11) is 0. The molecule has 0 saturated carbocycles. The third kappa shape index (κ3) is 3.65. The molecule has 0 fully saturated rings. The van der Waals surface area contributed by atoms with Crippen LogP contribution in [-0.4, -0.2) is 9.97 Å². The van der Waals surface area contributed by atoms with Crippen LogP contribution in [0.1, 0.15) is 104 Å². The molecule has 1 heterocycles. The number of aromatic amines is 1. The predicted octanol–water partition coefficient (Wildman–Crippen LogP) is 5.76. The van der Waals surface area contributed by atoms with Crippen LogP contribution in [-0.2, 0) is 5.41 Å². The van der Waals surface area contributed by atoms with E-state index in [1.54, 1.807) is 0 Å². The van der Waals surface area contributed by atoms with Crippen molar-refractivity contribution in [2.45, 2.75) is 91.9 Å². The van der Waals surface area contributed by atoms with Crippen LogP contribution in [0.5, 0.6) is 0 Å². The first-order chi connectivity index (χ1) is 9.24. The van der Waals surface area contributed by atoms with Gasteiger partial charge >= 0.3 is 0 Å². The molecular formula is C18H34N2. The van der Waals surface area contributed by atoms with Crippen molar-refractivity contribution < 1.29 is 0 Å². The summed E-state index contributed by atoms with van der Waals surface area (Å²) in [5.41, 5.74) is 2.81. The van der Waals surface area contributed by atoms with E-state index in [0.29, 0.717) is 17.8 Å². The normalized spacial score (nSPS) is 15.7. The Bertz CT molecular complexity index is 415. The molecule has 2 heteroatoms. The molecule has 0 spiro atoms. The van der Waals surface area contributed by atoms with Gasteiger partial charge in [-0.3, -0.25) is 0 Å². The summed E-state index contributed by atoms with van der Waals surface area (Å²) < 4.78 is 0. The molecule has 0 aromatic carbocycles. The highest BCUT2D eigenvalue weighted by Gasteiger charge is 2.29. The quantitative estimate of drug-likeness (QED) is 0.675. The molecule has 0 saturated heterocycles. The lowest BCUT2D eigenvalue weighted by Crippen LogP contribution is -2.20. The highest BCUT2D eigenvalue weighted by atomic mass is 15.0. The molecule has 0 aliphatic rings. The molecule has 20 heavy (non-hydrogen) atoms. The summed E-state index contributed by atoms with van der Waals surface area (Å²) in [6, 6.07) is 0. The van der Waals surface area contributed by atoms with E-state index in [1.165, 1.54) is 30.1 Å². The molecule has 0 aliphatic carbocycles. The molecule has 2 nitrogen and oxygen atoms in total. The molecule has 1 rings (SSSR count). The first kappa shape index (κ1) is 17.3. The van der Waals surface area contributed by atoms with Crippen molar-refractivity contribution in [3.63, 3.8) is 0 Å². The molecule has 116 valence electrons. The highest BCUT2D eigenvalue weighted by molar-refractivity contribution is 5.27. The Morgan fingerprint density at radius 2 is 1.70 bits per heavy atom. The van der Waals surface area contributed by atoms with Gasteiger partial charge < -0.3 is 4.98 Å². The van der Waals surface area contributed by atoms with Gasteiger partial charge in [-0.15, -0.1) is 0 Å². The monoisotopic (exact) mass is 278 g/mol. The Hall–Kier alpha value is -0.790. The van der Waals surface area contributed by atoms with E-state index in [1.807, 2.05) is 0 Å². The van der Waals surface area contributed by atoms with Gasteiger partial charge in [0.15, 0.2) is 0 Å². The van der Waals surface area contributed by atoms with Gasteiger partial charge in [0, 0.05) is 22.9 Å². The van der Waals surface area contributed by atoms with Crippen molar-refractivity contribution in [3.05, 3.63) is 17.2 Å². The van der Waals surface area contributed by atoms with E-state index in [0.717, 1.165) is 6.42 Å². The summed E-state index contributed by atoms with van der Waals surface area (Å²) in [4.78, 5) is 8.70. The molecule has 0 radical (unpaired) electrons. The van der Waals surface area contributed by atoms with E-state index in [4.69, 9.17) is 4.98 Å². The second-order valence-corrected chi connectivity index (χ2v) is 7.34. The van der Waals surface area contributed by atoms with Gasteiger partial charge in [0.1, 0.15) is 5.82 Å². The van der Waals surface area contributed by atoms with Gasteiger partial charge in [-0.2, -0.15) is 0 Å². The molecule has 2 atom stereocenters. The minimum absolute atomic E-state index is 0.152. The Labute approximate surface area is 125 Å². The maximum absolute atomic E-state index is 5.02. The zero-order valence-electron chi connectivity index (χ0n) is 14.8. The third-order valence-electron chi connectivity index (χ3n) is 4.92. The maximum Gasteiger partial charge on any atom is 0.109 e. The van der Waals surface area contributed by atoms with Gasteiger partial charge in [-0.25, -0.2) is 4.98 Å². The predicted molar refractivity (Wildman–Crippen MR) is 88.5 cm³/mol. The molecule has 1 aromatic heterocycles. The zero-order valence-corrected chi connectivity index (χ0v) is 14.8.